The van der Waals surface area contributed by atoms with Gasteiger partial charge in [-0.25, -0.2) is 4.39 Å². The van der Waals surface area contributed by atoms with Gasteiger partial charge < -0.3 is 15.4 Å². The molecular formula is C19H22FN3O2. The van der Waals surface area contributed by atoms with E-state index in [1.165, 1.54) is 13.2 Å². The van der Waals surface area contributed by atoms with Crippen LogP contribution in [0.3, 0.4) is 0 Å². The Kier molecular flexibility index (Phi) is 5.19. The number of anilines is 1. The molecule has 2 aromatic carbocycles. The second-order valence-electron chi connectivity index (χ2n) is 6.12. The van der Waals surface area contributed by atoms with Gasteiger partial charge in [-0.1, -0.05) is 18.2 Å². The molecule has 0 spiro atoms. The monoisotopic (exact) mass is 343 g/mol. The molecule has 6 heteroatoms. The molecule has 1 saturated heterocycles. The van der Waals surface area contributed by atoms with Gasteiger partial charge in [-0.2, -0.15) is 0 Å². The van der Waals surface area contributed by atoms with Gasteiger partial charge in [0.05, 0.1) is 12.7 Å². The fourth-order valence-electron chi connectivity index (χ4n) is 3.04. The number of hydrogen-bond donors (Lipinski definition) is 1. The number of nitrogens with two attached hydrogens (primary N) is 1. The van der Waals surface area contributed by atoms with Crippen molar-refractivity contribution in [2.24, 2.45) is 0 Å². The average molecular weight is 343 g/mol. The summed E-state index contributed by atoms with van der Waals surface area (Å²) in [4.78, 5) is 16.6. The van der Waals surface area contributed by atoms with Gasteiger partial charge in [0.2, 0.25) is 0 Å². The first kappa shape index (κ1) is 17.2. The maximum Gasteiger partial charge on any atom is 0.256 e. The van der Waals surface area contributed by atoms with Crippen molar-refractivity contribution < 1.29 is 13.9 Å². The highest BCUT2D eigenvalue weighted by Crippen LogP contribution is 2.20. The molecule has 1 fully saturated rings. The number of ether oxygens (including phenoxy) is 1. The van der Waals surface area contributed by atoms with Crippen LogP contribution in [-0.2, 0) is 6.54 Å². The lowest BCUT2D eigenvalue weighted by atomic mass is 10.1. The number of para-hydroxylation sites is 1. The van der Waals surface area contributed by atoms with Crippen molar-refractivity contribution in [1.29, 1.82) is 0 Å². The standard InChI is InChI=1S/C19H22FN3O2/c1-25-18-7-6-14(12-16(18)20)13-22-8-10-23(11-9-22)19(24)15-4-2-3-5-17(15)21/h2-7,12H,8-11,13,21H2,1H3. The summed E-state index contributed by atoms with van der Waals surface area (Å²) in [6, 6.07) is 12.1. The number of rotatable bonds is 4. The molecule has 0 unspecified atom stereocenters. The molecule has 3 rings (SSSR count). The van der Waals surface area contributed by atoms with Gasteiger partial charge in [-0.15, -0.1) is 0 Å². The predicted molar refractivity (Wildman–Crippen MR) is 95.0 cm³/mol. The van der Waals surface area contributed by atoms with Crippen molar-refractivity contribution in [2.45, 2.75) is 6.54 Å². The van der Waals surface area contributed by atoms with Gasteiger partial charge in [0.15, 0.2) is 11.6 Å². The summed E-state index contributed by atoms with van der Waals surface area (Å²) in [5, 5.41) is 0. The number of halogens is 1. The zero-order valence-corrected chi connectivity index (χ0v) is 14.2. The molecule has 0 aromatic heterocycles. The minimum absolute atomic E-state index is 0.0340. The Hall–Kier alpha value is -2.60. The van der Waals surface area contributed by atoms with E-state index >= 15 is 0 Å². The van der Waals surface area contributed by atoms with Crippen LogP contribution < -0.4 is 10.5 Å². The largest absolute Gasteiger partial charge is 0.494 e. The Balaban J connectivity index is 1.58. The summed E-state index contributed by atoms with van der Waals surface area (Å²) in [5.74, 6) is -0.138. The number of carbonyl (C=O) groups is 1. The summed E-state index contributed by atoms with van der Waals surface area (Å²) in [6.45, 7) is 3.40. The molecular weight excluding hydrogens is 321 g/mol. The summed E-state index contributed by atoms with van der Waals surface area (Å²) >= 11 is 0. The number of piperazine rings is 1. The Morgan fingerprint density at radius 3 is 2.52 bits per heavy atom. The minimum atomic E-state index is -0.353. The van der Waals surface area contributed by atoms with E-state index in [0.717, 1.165) is 18.7 Å². The third-order valence-corrected chi connectivity index (χ3v) is 4.47. The third-order valence-electron chi connectivity index (χ3n) is 4.47. The van der Waals surface area contributed by atoms with Gasteiger partial charge in [-0.3, -0.25) is 9.69 Å². The van der Waals surface area contributed by atoms with Crippen LogP contribution in [-0.4, -0.2) is 49.0 Å². The molecule has 1 aliphatic rings. The number of hydrogen-bond acceptors (Lipinski definition) is 4. The molecule has 5 nitrogen and oxygen atoms in total. The number of carbonyl (C=O) groups excluding carboxylic acids is 1. The summed E-state index contributed by atoms with van der Waals surface area (Å²) in [7, 11) is 1.45. The van der Waals surface area contributed by atoms with Gasteiger partial charge in [0, 0.05) is 38.4 Å². The van der Waals surface area contributed by atoms with Crippen LogP contribution in [0.1, 0.15) is 15.9 Å². The van der Waals surface area contributed by atoms with Crippen molar-refractivity contribution in [2.75, 3.05) is 39.0 Å². The number of nitrogens with zero attached hydrogens (tertiary/aromatic N) is 2. The van der Waals surface area contributed by atoms with Gasteiger partial charge >= 0.3 is 0 Å². The quantitative estimate of drug-likeness (QED) is 0.866. The zero-order chi connectivity index (χ0) is 17.8. The third kappa shape index (κ3) is 3.91. The van der Waals surface area contributed by atoms with E-state index < -0.39 is 0 Å². The van der Waals surface area contributed by atoms with Crippen LogP contribution in [0.15, 0.2) is 42.5 Å². The van der Waals surface area contributed by atoms with Gasteiger partial charge in [0.1, 0.15) is 0 Å². The fraction of sp³-hybridized carbons (Fsp3) is 0.316. The van der Waals surface area contributed by atoms with Crippen LogP contribution in [0.5, 0.6) is 5.75 Å². The molecule has 0 aliphatic carbocycles. The maximum atomic E-state index is 13.8. The Bertz CT molecular complexity index is 758. The molecule has 2 N–H and O–H groups in total. The Morgan fingerprint density at radius 1 is 1.16 bits per heavy atom. The second kappa shape index (κ2) is 7.53. The number of benzene rings is 2. The van der Waals surface area contributed by atoms with Crippen LogP contribution in [0.2, 0.25) is 0 Å². The predicted octanol–water partition coefficient (Wildman–Crippen LogP) is 2.37. The van der Waals surface area contributed by atoms with E-state index in [9.17, 15) is 9.18 Å². The van der Waals surface area contributed by atoms with Gasteiger partial charge in [0.25, 0.3) is 5.91 Å². The zero-order valence-electron chi connectivity index (χ0n) is 14.2. The highest BCUT2D eigenvalue weighted by Gasteiger charge is 2.23. The first-order valence-electron chi connectivity index (χ1n) is 8.27. The SMILES string of the molecule is COc1ccc(CN2CCN(C(=O)c3ccccc3N)CC2)cc1F. The molecule has 1 heterocycles. The minimum Gasteiger partial charge on any atom is -0.494 e. The van der Waals surface area contributed by atoms with Crippen molar-refractivity contribution in [3.63, 3.8) is 0 Å². The van der Waals surface area contributed by atoms with Crippen LogP contribution in [0.25, 0.3) is 0 Å². The van der Waals surface area contributed by atoms with Crippen molar-refractivity contribution in [3.05, 3.63) is 59.4 Å². The van der Waals surface area contributed by atoms with Crippen molar-refractivity contribution in [3.8, 4) is 5.75 Å². The van der Waals surface area contributed by atoms with E-state index in [-0.39, 0.29) is 17.5 Å². The normalized spacial score (nSPS) is 15.2. The smallest absolute Gasteiger partial charge is 0.256 e. The lowest BCUT2D eigenvalue weighted by molar-refractivity contribution is 0.0629. The van der Waals surface area contributed by atoms with E-state index in [1.807, 2.05) is 23.1 Å². The highest BCUT2D eigenvalue weighted by molar-refractivity contribution is 5.99. The number of amides is 1. The first-order chi connectivity index (χ1) is 12.1. The van der Waals surface area contributed by atoms with E-state index in [4.69, 9.17) is 10.5 Å². The molecule has 132 valence electrons. The summed E-state index contributed by atoms with van der Waals surface area (Å²) in [6.07, 6.45) is 0. The van der Waals surface area contributed by atoms with Gasteiger partial charge in [-0.05, 0) is 29.8 Å². The van der Waals surface area contributed by atoms with Crippen molar-refractivity contribution in [1.82, 2.24) is 9.80 Å². The Morgan fingerprint density at radius 2 is 1.88 bits per heavy atom. The first-order valence-corrected chi connectivity index (χ1v) is 8.27. The molecule has 25 heavy (non-hydrogen) atoms. The van der Waals surface area contributed by atoms with Crippen LogP contribution >= 0.6 is 0 Å². The molecule has 0 atom stereocenters. The Labute approximate surface area is 146 Å². The van der Waals surface area contributed by atoms with Crippen molar-refractivity contribution >= 4 is 11.6 Å². The fourth-order valence-corrected chi connectivity index (χ4v) is 3.04. The lowest BCUT2D eigenvalue weighted by Gasteiger charge is -2.35. The molecule has 0 bridgehead atoms. The van der Waals surface area contributed by atoms with E-state index in [0.29, 0.717) is 30.9 Å². The topological polar surface area (TPSA) is 58.8 Å². The van der Waals surface area contributed by atoms with E-state index in [1.54, 1.807) is 18.2 Å². The summed E-state index contributed by atoms with van der Waals surface area (Å²) in [5.41, 5.74) is 7.84. The van der Waals surface area contributed by atoms with Crippen LogP contribution in [0.4, 0.5) is 10.1 Å². The maximum absolute atomic E-state index is 13.8. The number of methoxy groups -OCH3 is 1. The molecule has 0 radical (unpaired) electrons. The molecule has 2 aromatic rings. The summed E-state index contributed by atoms with van der Waals surface area (Å²) < 4.78 is 18.7. The molecule has 0 saturated carbocycles. The second-order valence-corrected chi connectivity index (χ2v) is 6.12. The average Bonchev–Trinajstić information content (AvgIpc) is 2.62. The molecule has 1 amide bonds. The molecule has 1 aliphatic heterocycles. The van der Waals surface area contributed by atoms with E-state index in [2.05, 4.69) is 4.90 Å². The van der Waals surface area contributed by atoms with Crippen LogP contribution in [0, 0.1) is 5.82 Å². The lowest BCUT2D eigenvalue weighted by Crippen LogP contribution is -2.48. The number of nitrogen functional groups attached to an aromatic ring is 1. The highest BCUT2D eigenvalue weighted by atomic mass is 19.1.